The lowest BCUT2D eigenvalue weighted by Crippen LogP contribution is -1.94. The van der Waals surface area contributed by atoms with Gasteiger partial charge in [-0.3, -0.25) is 0 Å². The van der Waals surface area contributed by atoms with Crippen molar-refractivity contribution in [1.29, 1.82) is 0 Å². The van der Waals surface area contributed by atoms with Crippen molar-refractivity contribution < 1.29 is 9.84 Å². The van der Waals surface area contributed by atoms with Crippen molar-refractivity contribution >= 4 is 27.3 Å². The van der Waals surface area contributed by atoms with Crippen LogP contribution in [0.5, 0.6) is 5.06 Å². The predicted octanol–water partition coefficient (Wildman–Crippen LogP) is 4.14. The second kappa shape index (κ2) is 5.67. The fraction of sp³-hybridized carbons (Fsp3) is 0.231. The van der Waals surface area contributed by atoms with E-state index in [-0.39, 0.29) is 0 Å². The highest BCUT2D eigenvalue weighted by atomic mass is 79.9. The van der Waals surface area contributed by atoms with Crippen LogP contribution in [0.25, 0.3) is 0 Å². The molecule has 0 aliphatic carbocycles. The molecule has 0 aliphatic heterocycles. The van der Waals surface area contributed by atoms with E-state index in [0.29, 0.717) is 6.61 Å². The van der Waals surface area contributed by atoms with E-state index in [0.717, 1.165) is 20.0 Å². The molecule has 1 aromatic heterocycles. The van der Waals surface area contributed by atoms with Crippen LogP contribution < -0.4 is 4.74 Å². The summed E-state index contributed by atoms with van der Waals surface area (Å²) in [7, 11) is 0. The Kier molecular flexibility index (Phi) is 4.20. The number of rotatable bonds is 4. The molecule has 0 amide bonds. The molecule has 0 radical (unpaired) electrons. The van der Waals surface area contributed by atoms with E-state index >= 15 is 0 Å². The molecule has 0 spiro atoms. The van der Waals surface area contributed by atoms with E-state index < -0.39 is 6.10 Å². The summed E-state index contributed by atoms with van der Waals surface area (Å²) in [6.07, 6.45) is -0.430. The van der Waals surface area contributed by atoms with Crippen LogP contribution in [0.1, 0.15) is 23.5 Å². The summed E-state index contributed by atoms with van der Waals surface area (Å²) >= 11 is 4.96. The summed E-state index contributed by atoms with van der Waals surface area (Å²) in [5.41, 5.74) is 1.11. The zero-order chi connectivity index (χ0) is 12.3. The van der Waals surface area contributed by atoms with Crippen LogP contribution >= 0.6 is 27.3 Å². The number of halogens is 1. The molecule has 1 N–H and O–H groups in total. The zero-order valence-corrected chi connectivity index (χ0v) is 11.8. The molecule has 17 heavy (non-hydrogen) atoms. The normalized spacial score (nSPS) is 12.4. The minimum absolute atomic E-state index is 0.430. The molecule has 0 fully saturated rings. The van der Waals surface area contributed by atoms with Crippen molar-refractivity contribution in [3.63, 3.8) is 0 Å². The molecule has 0 saturated carbocycles. The largest absolute Gasteiger partial charge is 0.479 e. The fourth-order valence-corrected chi connectivity index (χ4v) is 2.59. The van der Waals surface area contributed by atoms with E-state index in [9.17, 15) is 5.11 Å². The number of hydrogen-bond donors (Lipinski definition) is 1. The Balaban J connectivity index is 2.00. The molecule has 2 aromatic rings. The van der Waals surface area contributed by atoms with E-state index in [2.05, 4.69) is 15.9 Å². The van der Waals surface area contributed by atoms with Gasteiger partial charge in [0, 0.05) is 14.9 Å². The molecule has 0 aliphatic rings. The van der Waals surface area contributed by atoms with Gasteiger partial charge in [-0.25, -0.2) is 0 Å². The number of ether oxygens (including phenoxy) is 1. The van der Waals surface area contributed by atoms with Crippen molar-refractivity contribution in [2.75, 3.05) is 0 Å². The number of benzene rings is 1. The van der Waals surface area contributed by atoms with Crippen LogP contribution in [0, 0.1) is 0 Å². The van der Waals surface area contributed by atoms with Gasteiger partial charge in [0.05, 0.1) is 6.10 Å². The van der Waals surface area contributed by atoms with Crippen LogP contribution in [0.2, 0.25) is 0 Å². The quantitative estimate of drug-likeness (QED) is 0.919. The van der Waals surface area contributed by atoms with Gasteiger partial charge < -0.3 is 9.84 Å². The van der Waals surface area contributed by atoms with E-state index in [1.54, 1.807) is 6.92 Å². The first-order valence-electron chi connectivity index (χ1n) is 5.31. The first kappa shape index (κ1) is 12.6. The van der Waals surface area contributed by atoms with Crippen molar-refractivity contribution in [3.05, 3.63) is 51.3 Å². The number of aliphatic hydroxyl groups excluding tert-OH is 1. The molecule has 1 atom stereocenters. The molecule has 2 rings (SSSR count). The minimum Gasteiger partial charge on any atom is -0.479 e. The van der Waals surface area contributed by atoms with Gasteiger partial charge in [0.15, 0.2) is 5.06 Å². The summed E-state index contributed by atoms with van der Waals surface area (Å²) in [5.74, 6) is 0. The smallest absolute Gasteiger partial charge is 0.174 e. The average Bonchev–Trinajstić information content (AvgIpc) is 2.77. The molecule has 4 heteroatoms. The van der Waals surface area contributed by atoms with Crippen molar-refractivity contribution in [3.8, 4) is 5.06 Å². The lowest BCUT2D eigenvalue weighted by Gasteiger charge is -2.05. The van der Waals surface area contributed by atoms with E-state index in [1.165, 1.54) is 11.3 Å². The number of hydrogen-bond acceptors (Lipinski definition) is 3. The van der Waals surface area contributed by atoms with Gasteiger partial charge in [0.25, 0.3) is 0 Å². The van der Waals surface area contributed by atoms with Gasteiger partial charge in [0.1, 0.15) is 6.61 Å². The zero-order valence-electron chi connectivity index (χ0n) is 9.39. The molecular weight excluding hydrogens is 300 g/mol. The molecule has 0 bridgehead atoms. The third kappa shape index (κ3) is 3.31. The van der Waals surface area contributed by atoms with Crippen LogP contribution in [0.3, 0.4) is 0 Å². The summed E-state index contributed by atoms with van der Waals surface area (Å²) in [6.45, 7) is 2.28. The van der Waals surface area contributed by atoms with Gasteiger partial charge in [-0.05, 0) is 25.1 Å². The molecule has 1 aromatic carbocycles. The van der Waals surface area contributed by atoms with Gasteiger partial charge >= 0.3 is 0 Å². The molecule has 2 nitrogen and oxygen atoms in total. The monoisotopic (exact) mass is 312 g/mol. The molecule has 1 unspecified atom stereocenters. The second-order valence-electron chi connectivity index (χ2n) is 3.71. The SMILES string of the molecule is CC(O)c1ccc(OCc2ccccc2Br)s1. The first-order chi connectivity index (χ1) is 8.16. The molecular formula is C13H13BrO2S. The first-order valence-corrected chi connectivity index (χ1v) is 6.92. The maximum atomic E-state index is 9.41. The highest BCUT2D eigenvalue weighted by molar-refractivity contribution is 9.10. The number of thiophene rings is 1. The van der Waals surface area contributed by atoms with Crippen molar-refractivity contribution in [2.24, 2.45) is 0 Å². The maximum absolute atomic E-state index is 9.41. The Morgan fingerprint density at radius 1 is 1.29 bits per heavy atom. The van der Waals surface area contributed by atoms with Gasteiger partial charge in [-0.1, -0.05) is 34.1 Å². The van der Waals surface area contributed by atoms with E-state index in [1.807, 2.05) is 36.4 Å². The topological polar surface area (TPSA) is 29.5 Å². The standard InChI is InChI=1S/C13H13BrO2S/c1-9(15)12-6-7-13(17-12)16-8-10-4-2-3-5-11(10)14/h2-7,9,15H,8H2,1H3. The minimum atomic E-state index is -0.430. The summed E-state index contributed by atoms with van der Waals surface area (Å²) in [4.78, 5) is 0.923. The van der Waals surface area contributed by atoms with Gasteiger partial charge in [-0.2, -0.15) is 0 Å². The molecule has 0 saturated heterocycles. The lowest BCUT2D eigenvalue weighted by molar-refractivity contribution is 0.203. The molecule has 1 heterocycles. The Bertz CT molecular complexity index is 494. The van der Waals surface area contributed by atoms with Crippen LogP contribution in [0.15, 0.2) is 40.9 Å². The maximum Gasteiger partial charge on any atom is 0.174 e. The van der Waals surface area contributed by atoms with Gasteiger partial charge in [-0.15, -0.1) is 11.3 Å². The summed E-state index contributed by atoms with van der Waals surface area (Å²) in [6, 6.07) is 11.8. The summed E-state index contributed by atoms with van der Waals surface area (Å²) < 4.78 is 6.73. The Morgan fingerprint density at radius 2 is 2.06 bits per heavy atom. The third-order valence-corrected chi connectivity index (χ3v) is 4.28. The predicted molar refractivity (Wildman–Crippen MR) is 73.4 cm³/mol. The Morgan fingerprint density at radius 3 is 2.71 bits per heavy atom. The Labute approximate surface area is 113 Å². The number of aliphatic hydroxyl groups is 1. The van der Waals surface area contributed by atoms with E-state index in [4.69, 9.17) is 4.74 Å². The fourth-order valence-electron chi connectivity index (χ4n) is 1.40. The highest BCUT2D eigenvalue weighted by Gasteiger charge is 2.06. The van der Waals surface area contributed by atoms with Gasteiger partial charge in [0.2, 0.25) is 0 Å². The summed E-state index contributed by atoms with van der Waals surface area (Å²) in [5, 5.41) is 10.2. The lowest BCUT2D eigenvalue weighted by atomic mass is 10.2. The molecule has 90 valence electrons. The van der Waals surface area contributed by atoms with Crippen molar-refractivity contribution in [2.45, 2.75) is 19.6 Å². The van der Waals surface area contributed by atoms with Crippen LogP contribution in [-0.2, 0) is 6.61 Å². The van der Waals surface area contributed by atoms with Crippen molar-refractivity contribution in [1.82, 2.24) is 0 Å². The highest BCUT2D eigenvalue weighted by Crippen LogP contribution is 2.30. The van der Waals surface area contributed by atoms with Crippen LogP contribution in [0.4, 0.5) is 0 Å². The second-order valence-corrected chi connectivity index (χ2v) is 5.65. The Hall–Kier alpha value is -0.840. The van der Waals surface area contributed by atoms with Crippen LogP contribution in [-0.4, -0.2) is 5.11 Å². The third-order valence-electron chi connectivity index (χ3n) is 2.34. The average molecular weight is 313 g/mol.